The van der Waals surface area contributed by atoms with Crippen molar-refractivity contribution in [3.63, 3.8) is 0 Å². The minimum atomic E-state index is -0.956. The van der Waals surface area contributed by atoms with Gasteiger partial charge in [0.2, 0.25) is 5.91 Å². The molecule has 2 N–H and O–H groups in total. The lowest BCUT2D eigenvalue weighted by Crippen LogP contribution is -2.56. The summed E-state index contributed by atoms with van der Waals surface area (Å²) in [6, 6.07) is 9.57. The Kier molecular flexibility index (Phi) is 4.57. The SMILES string of the molecule is C=CCN1CCN(C(=O)C(C)(N)c2ccccc2)CC1. The largest absolute Gasteiger partial charge is 0.338 e. The molecule has 1 aliphatic rings. The average Bonchev–Trinajstić information content (AvgIpc) is 2.48. The van der Waals surface area contributed by atoms with Gasteiger partial charge in [0.15, 0.2) is 0 Å². The molecule has 1 unspecified atom stereocenters. The first-order valence-electron chi connectivity index (χ1n) is 7.02. The smallest absolute Gasteiger partial charge is 0.247 e. The van der Waals surface area contributed by atoms with E-state index in [0.29, 0.717) is 0 Å². The lowest BCUT2D eigenvalue weighted by atomic mass is 9.91. The molecule has 0 saturated carbocycles. The summed E-state index contributed by atoms with van der Waals surface area (Å²) < 4.78 is 0. The van der Waals surface area contributed by atoms with Crippen molar-refractivity contribution in [1.29, 1.82) is 0 Å². The molecule has 1 heterocycles. The molecule has 4 nitrogen and oxygen atoms in total. The number of nitrogens with zero attached hydrogens (tertiary/aromatic N) is 2. The van der Waals surface area contributed by atoms with Crippen molar-refractivity contribution in [1.82, 2.24) is 9.80 Å². The van der Waals surface area contributed by atoms with Gasteiger partial charge in [-0.05, 0) is 12.5 Å². The molecule has 0 radical (unpaired) electrons. The van der Waals surface area contributed by atoms with Crippen LogP contribution in [-0.2, 0) is 10.3 Å². The monoisotopic (exact) mass is 273 g/mol. The first-order chi connectivity index (χ1) is 9.55. The topological polar surface area (TPSA) is 49.6 Å². The zero-order chi connectivity index (χ0) is 14.6. The molecular formula is C16H23N3O. The quantitative estimate of drug-likeness (QED) is 0.838. The van der Waals surface area contributed by atoms with Crippen molar-refractivity contribution in [3.8, 4) is 0 Å². The molecule has 0 spiro atoms. The third-order valence-corrected chi connectivity index (χ3v) is 3.86. The van der Waals surface area contributed by atoms with Crippen LogP contribution in [0.2, 0.25) is 0 Å². The Morgan fingerprint density at radius 1 is 1.30 bits per heavy atom. The second-order valence-corrected chi connectivity index (χ2v) is 5.45. The predicted octanol–water partition coefficient (Wildman–Crippen LogP) is 1.19. The van der Waals surface area contributed by atoms with Gasteiger partial charge in [0, 0.05) is 32.7 Å². The molecule has 0 bridgehead atoms. The van der Waals surface area contributed by atoms with Gasteiger partial charge in [0.05, 0.1) is 0 Å². The number of carbonyl (C=O) groups is 1. The van der Waals surface area contributed by atoms with Crippen LogP contribution >= 0.6 is 0 Å². The number of hydrogen-bond acceptors (Lipinski definition) is 3. The van der Waals surface area contributed by atoms with E-state index in [2.05, 4.69) is 11.5 Å². The van der Waals surface area contributed by atoms with E-state index in [9.17, 15) is 4.79 Å². The Labute approximate surface area is 120 Å². The molecule has 4 heteroatoms. The highest BCUT2D eigenvalue weighted by atomic mass is 16.2. The summed E-state index contributed by atoms with van der Waals surface area (Å²) in [6.45, 7) is 9.63. The Bertz CT molecular complexity index is 462. The molecule has 20 heavy (non-hydrogen) atoms. The number of carbonyl (C=O) groups excluding carboxylic acids is 1. The highest BCUT2D eigenvalue weighted by Gasteiger charge is 2.35. The number of piperazine rings is 1. The van der Waals surface area contributed by atoms with Crippen LogP contribution in [0.1, 0.15) is 12.5 Å². The standard InChI is InChI=1S/C16H23N3O/c1-3-9-18-10-12-19(13-11-18)15(20)16(2,17)14-7-5-4-6-8-14/h3-8H,1,9-13,17H2,2H3. The van der Waals surface area contributed by atoms with Gasteiger partial charge >= 0.3 is 0 Å². The van der Waals surface area contributed by atoms with E-state index >= 15 is 0 Å². The van der Waals surface area contributed by atoms with Crippen LogP contribution in [0.4, 0.5) is 0 Å². The third-order valence-electron chi connectivity index (χ3n) is 3.86. The number of benzene rings is 1. The lowest BCUT2D eigenvalue weighted by molar-refractivity contribution is -0.138. The maximum absolute atomic E-state index is 12.6. The Morgan fingerprint density at radius 3 is 2.45 bits per heavy atom. The predicted molar refractivity (Wildman–Crippen MR) is 81.2 cm³/mol. The molecule has 1 amide bonds. The zero-order valence-electron chi connectivity index (χ0n) is 12.1. The van der Waals surface area contributed by atoms with Crippen molar-refractivity contribution >= 4 is 5.91 Å². The van der Waals surface area contributed by atoms with Crippen LogP contribution in [0.3, 0.4) is 0 Å². The molecule has 1 aromatic rings. The van der Waals surface area contributed by atoms with E-state index in [-0.39, 0.29) is 5.91 Å². The third kappa shape index (κ3) is 3.08. The zero-order valence-corrected chi connectivity index (χ0v) is 12.1. The van der Waals surface area contributed by atoms with Crippen LogP contribution in [0, 0.1) is 0 Å². The highest BCUT2D eigenvalue weighted by molar-refractivity contribution is 5.87. The minimum absolute atomic E-state index is 0.00181. The number of rotatable bonds is 4. The van der Waals surface area contributed by atoms with Crippen LogP contribution in [0.15, 0.2) is 43.0 Å². The van der Waals surface area contributed by atoms with Crippen LogP contribution in [-0.4, -0.2) is 48.4 Å². The van der Waals surface area contributed by atoms with Crippen LogP contribution in [0.25, 0.3) is 0 Å². The fourth-order valence-corrected chi connectivity index (χ4v) is 2.55. The van der Waals surface area contributed by atoms with Gasteiger partial charge in [-0.1, -0.05) is 36.4 Å². The number of nitrogens with two attached hydrogens (primary N) is 1. The second-order valence-electron chi connectivity index (χ2n) is 5.45. The molecule has 108 valence electrons. The summed E-state index contributed by atoms with van der Waals surface area (Å²) in [5.74, 6) is 0.00181. The molecule has 1 aliphatic heterocycles. The van der Waals surface area contributed by atoms with Gasteiger partial charge in [-0.15, -0.1) is 6.58 Å². The fourth-order valence-electron chi connectivity index (χ4n) is 2.55. The Morgan fingerprint density at radius 2 is 1.90 bits per heavy atom. The molecule has 1 aromatic carbocycles. The van der Waals surface area contributed by atoms with Gasteiger partial charge < -0.3 is 10.6 Å². The van der Waals surface area contributed by atoms with E-state index in [1.165, 1.54) is 0 Å². The normalized spacial score (nSPS) is 19.4. The van der Waals surface area contributed by atoms with Crippen molar-refractivity contribution < 1.29 is 4.79 Å². The minimum Gasteiger partial charge on any atom is -0.338 e. The molecule has 1 atom stereocenters. The molecule has 1 saturated heterocycles. The van der Waals surface area contributed by atoms with Gasteiger partial charge in [-0.3, -0.25) is 9.69 Å². The van der Waals surface area contributed by atoms with E-state index in [4.69, 9.17) is 5.73 Å². The fraction of sp³-hybridized carbons (Fsp3) is 0.438. The van der Waals surface area contributed by atoms with E-state index in [1.54, 1.807) is 6.92 Å². The Hall–Kier alpha value is -1.65. The van der Waals surface area contributed by atoms with E-state index in [1.807, 2.05) is 41.3 Å². The van der Waals surface area contributed by atoms with E-state index < -0.39 is 5.54 Å². The van der Waals surface area contributed by atoms with Crippen LogP contribution < -0.4 is 5.73 Å². The first kappa shape index (κ1) is 14.8. The average molecular weight is 273 g/mol. The summed E-state index contributed by atoms with van der Waals surface area (Å²) in [5, 5.41) is 0. The molecule has 0 aliphatic carbocycles. The second kappa shape index (κ2) is 6.20. The van der Waals surface area contributed by atoms with Crippen molar-refractivity contribution in [2.75, 3.05) is 32.7 Å². The van der Waals surface area contributed by atoms with Crippen molar-refractivity contribution in [2.24, 2.45) is 5.73 Å². The van der Waals surface area contributed by atoms with Crippen molar-refractivity contribution in [2.45, 2.75) is 12.5 Å². The number of amides is 1. The summed E-state index contributed by atoms with van der Waals surface area (Å²) in [7, 11) is 0. The van der Waals surface area contributed by atoms with Crippen LogP contribution in [0.5, 0.6) is 0 Å². The molecular weight excluding hydrogens is 250 g/mol. The number of hydrogen-bond donors (Lipinski definition) is 1. The van der Waals surface area contributed by atoms with Crippen molar-refractivity contribution in [3.05, 3.63) is 48.6 Å². The van der Waals surface area contributed by atoms with Gasteiger partial charge in [0.1, 0.15) is 5.54 Å². The summed E-state index contributed by atoms with van der Waals surface area (Å²) in [5.41, 5.74) is 6.19. The molecule has 1 fully saturated rings. The van der Waals surface area contributed by atoms with Gasteiger partial charge in [0.25, 0.3) is 0 Å². The Balaban J connectivity index is 2.03. The van der Waals surface area contributed by atoms with E-state index in [0.717, 1.165) is 38.3 Å². The lowest BCUT2D eigenvalue weighted by Gasteiger charge is -2.38. The summed E-state index contributed by atoms with van der Waals surface area (Å²) in [4.78, 5) is 16.8. The summed E-state index contributed by atoms with van der Waals surface area (Å²) in [6.07, 6.45) is 1.90. The molecule has 0 aromatic heterocycles. The summed E-state index contributed by atoms with van der Waals surface area (Å²) >= 11 is 0. The van der Waals surface area contributed by atoms with Gasteiger partial charge in [-0.25, -0.2) is 0 Å². The highest BCUT2D eigenvalue weighted by Crippen LogP contribution is 2.21. The first-order valence-corrected chi connectivity index (χ1v) is 7.02. The van der Waals surface area contributed by atoms with Gasteiger partial charge in [-0.2, -0.15) is 0 Å². The molecule has 2 rings (SSSR count). The maximum atomic E-state index is 12.6. The maximum Gasteiger partial charge on any atom is 0.247 e.